The Kier molecular flexibility index (Phi) is 7.19. The molecule has 6 nitrogen and oxygen atoms in total. The fourth-order valence-corrected chi connectivity index (χ4v) is 4.31. The van der Waals surface area contributed by atoms with E-state index in [2.05, 4.69) is 0 Å². The van der Waals surface area contributed by atoms with Crippen LogP contribution in [0.15, 0.2) is 35.2 Å². The van der Waals surface area contributed by atoms with Gasteiger partial charge in [-0.2, -0.15) is 5.26 Å². The summed E-state index contributed by atoms with van der Waals surface area (Å²) in [6.07, 6.45) is 1.22. The first kappa shape index (κ1) is 21.9. The lowest BCUT2D eigenvalue weighted by Crippen LogP contribution is -2.07. The molecule has 0 atom stereocenters. The first-order valence-electron chi connectivity index (χ1n) is 7.84. The number of rotatable bonds is 7. The average molecular weight is 442 g/mol. The first-order valence-corrected chi connectivity index (χ1v) is 10.3. The van der Waals surface area contributed by atoms with Crippen LogP contribution >= 0.6 is 23.2 Å². The van der Waals surface area contributed by atoms with Gasteiger partial charge in [-0.3, -0.25) is 0 Å². The van der Waals surface area contributed by atoms with E-state index < -0.39 is 20.5 Å². The normalized spacial score (nSPS) is 11.6. The van der Waals surface area contributed by atoms with E-state index in [4.69, 9.17) is 37.4 Å². The van der Waals surface area contributed by atoms with Gasteiger partial charge in [0.05, 0.1) is 27.1 Å². The summed E-state index contributed by atoms with van der Waals surface area (Å²) < 4.78 is 41.4. The molecule has 0 fully saturated rings. The zero-order chi connectivity index (χ0) is 20.9. The minimum Gasteiger partial charge on any atom is -0.493 e. The predicted molar refractivity (Wildman–Crippen MR) is 109 cm³/mol. The molecule has 0 aliphatic rings. The molecule has 148 valence electrons. The van der Waals surface area contributed by atoms with Crippen LogP contribution in [0.5, 0.6) is 17.2 Å². The third-order valence-electron chi connectivity index (χ3n) is 3.83. The molecule has 0 saturated carbocycles. The zero-order valence-electron chi connectivity index (χ0n) is 15.3. The Labute approximate surface area is 173 Å². The largest absolute Gasteiger partial charge is 0.493 e. The maximum Gasteiger partial charge on any atom is 0.203 e. The molecule has 0 N–H and O–H groups in total. The van der Waals surface area contributed by atoms with Gasteiger partial charge in [0.25, 0.3) is 0 Å². The number of methoxy groups -OCH3 is 3. The fourth-order valence-electron chi connectivity index (χ4n) is 2.49. The van der Waals surface area contributed by atoms with Crippen LogP contribution in [-0.4, -0.2) is 29.7 Å². The minimum atomic E-state index is -3.97. The number of nitrogens with zero attached hydrogens (tertiary/aromatic N) is 1. The Morgan fingerprint density at radius 2 is 1.75 bits per heavy atom. The van der Waals surface area contributed by atoms with Gasteiger partial charge in [0.2, 0.25) is 5.75 Å². The highest BCUT2D eigenvalue weighted by Crippen LogP contribution is 2.41. The van der Waals surface area contributed by atoms with Crippen LogP contribution < -0.4 is 14.2 Å². The third-order valence-corrected chi connectivity index (χ3v) is 5.98. The average Bonchev–Trinajstić information content (AvgIpc) is 2.67. The molecule has 2 rings (SSSR count). The minimum absolute atomic E-state index is 0.206. The smallest absolute Gasteiger partial charge is 0.203 e. The van der Waals surface area contributed by atoms with E-state index >= 15 is 0 Å². The van der Waals surface area contributed by atoms with E-state index in [-0.39, 0.29) is 16.5 Å². The third kappa shape index (κ3) is 4.71. The van der Waals surface area contributed by atoms with Crippen LogP contribution in [0.1, 0.15) is 11.1 Å². The van der Waals surface area contributed by atoms with Crippen LogP contribution in [0.4, 0.5) is 0 Å². The highest BCUT2D eigenvalue weighted by Gasteiger charge is 2.22. The number of sulfone groups is 1. The standard InChI is InChI=1S/C19H17Cl2NO5S/c1-25-17-7-5-12(18(26-2)19(17)27-3)8-15(10-22)28(23,24)11-13-4-6-14(20)9-16(13)21/h4-9H,11H2,1-3H3/b15-8-. The van der Waals surface area contributed by atoms with Crippen molar-refractivity contribution in [3.8, 4) is 23.3 Å². The SMILES string of the molecule is COc1ccc(/C=C(/C#N)S(=O)(=O)Cc2ccc(Cl)cc2Cl)c(OC)c1OC. The lowest BCUT2D eigenvalue weighted by molar-refractivity contribution is 0.324. The number of nitriles is 1. The van der Waals surface area contributed by atoms with Crippen LogP contribution in [0.3, 0.4) is 0 Å². The molecule has 2 aromatic rings. The second-order valence-electron chi connectivity index (χ2n) is 5.54. The molecule has 0 aliphatic heterocycles. The van der Waals surface area contributed by atoms with Crippen molar-refractivity contribution in [3.63, 3.8) is 0 Å². The maximum absolute atomic E-state index is 12.8. The van der Waals surface area contributed by atoms with Crippen LogP contribution in [-0.2, 0) is 15.6 Å². The molecule has 0 aliphatic carbocycles. The zero-order valence-corrected chi connectivity index (χ0v) is 17.7. The van der Waals surface area contributed by atoms with Crippen LogP contribution in [0.2, 0.25) is 10.0 Å². The van der Waals surface area contributed by atoms with Gasteiger partial charge in [0, 0.05) is 15.6 Å². The highest BCUT2D eigenvalue weighted by molar-refractivity contribution is 7.95. The summed E-state index contributed by atoms with van der Waals surface area (Å²) in [5.41, 5.74) is 0.689. The molecule has 0 saturated heterocycles. The highest BCUT2D eigenvalue weighted by atomic mass is 35.5. The summed E-state index contributed by atoms with van der Waals surface area (Å²) in [5, 5.41) is 10.0. The van der Waals surface area contributed by atoms with Crippen molar-refractivity contribution in [2.24, 2.45) is 0 Å². The molecule has 0 amide bonds. The van der Waals surface area contributed by atoms with Crippen molar-refractivity contribution in [2.45, 2.75) is 5.75 Å². The van der Waals surface area contributed by atoms with E-state index in [1.165, 1.54) is 45.6 Å². The van der Waals surface area contributed by atoms with Gasteiger partial charge < -0.3 is 14.2 Å². The molecule has 0 spiro atoms. The Morgan fingerprint density at radius 1 is 1.07 bits per heavy atom. The Morgan fingerprint density at radius 3 is 2.29 bits per heavy atom. The van der Waals surface area contributed by atoms with Gasteiger partial charge in [-0.1, -0.05) is 29.3 Å². The number of allylic oxidation sites excluding steroid dienone is 1. The summed E-state index contributed by atoms with van der Waals surface area (Å²) in [6.45, 7) is 0. The Bertz CT molecular complexity index is 1060. The van der Waals surface area contributed by atoms with E-state index in [1.54, 1.807) is 18.2 Å². The van der Waals surface area contributed by atoms with E-state index in [0.717, 1.165) is 0 Å². The molecular formula is C19H17Cl2NO5S. The second kappa shape index (κ2) is 9.20. The fraction of sp³-hybridized carbons (Fsp3) is 0.211. The van der Waals surface area contributed by atoms with Gasteiger partial charge in [0.1, 0.15) is 11.0 Å². The Balaban J connectivity index is 2.52. The molecule has 0 bridgehead atoms. The van der Waals surface area contributed by atoms with Crippen molar-refractivity contribution in [1.29, 1.82) is 5.26 Å². The van der Waals surface area contributed by atoms with E-state index in [9.17, 15) is 13.7 Å². The van der Waals surface area contributed by atoms with Crippen molar-refractivity contribution in [3.05, 3.63) is 56.4 Å². The lowest BCUT2D eigenvalue weighted by Gasteiger charge is -2.14. The monoisotopic (exact) mass is 441 g/mol. The second-order valence-corrected chi connectivity index (χ2v) is 8.34. The number of halogens is 2. The molecule has 28 heavy (non-hydrogen) atoms. The first-order chi connectivity index (χ1) is 13.3. The van der Waals surface area contributed by atoms with Gasteiger partial charge in [-0.25, -0.2) is 8.42 Å². The van der Waals surface area contributed by atoms with Gasteiger partial charge in [-0.05, 0) is 35.9 Å². The summed E-state index contributed by atoms with van der Waals surface area (Å²) in [4.78, 5) is -0.441. The molecule has 0 unspecified atom stereocenters. The summed E-state index contributed by atoms with van der Waals surface area (Å²) >= 11 is 11.9. The molecule has 2 aromatic carbocycles. The van der Waals surface area contributed by atoms with Gasteiger partial charge >= 0.3 is 0 Å². The summed E-state index contributed by atoms with van der Waals surface area (Å²) in [7, 11) is 0.326. The lowest BCUT2D eigenvalue weighted by atomic mass is 10.1. The number of ether oxygens (including phenoxy) is 3. The van der Waals surface area contributed by atoms with E-state index in [1.807, 2.05) is 0 Å². The van der Waals surface area contributed by atoms with Crippen molar-refractivity contribution in [2.75, 3.05) is 21.3 Å². The molecular weight excluding hydrogens is 425 g/mol. The molecule has 0 heterocycles. The molecule has 0 aromatic heterocycles. The molecule has 0 radical (unpaired) electrons. The van der Waals surface area contributed by atoms with Gasteiger partial charge in [-0.15, -0.1) is 0 Å². The van der Waals surface area contributed by atoms with Gasteiger partial charge in [0.15, 0.2) is 21.3 Å². The number of benzene rings is 2. The van der Waals surface area contributed by atoms with Crippen LogP contribution in [0.25, 0.3) is 6.08 Å². The van der Waals surface area contributed by atoms with Crippen molar-refractivity contribution < 1.29 is 22.6 Å². The predicted octanol–water partition coefficient (Wildman–Crippen LogP) is 4.50. The van der Waals surface area contributed by atoms with Crippen molar-refractivity contribution >= 4 is 39.1 Å². The topological polar surface area (TPSA) is 85.6 Å². The number of hydrogen-bond donors (Lipinski definition) is 0. The molecule has 9 heteroatoms. The number of hydrogen-bond acceptors (Lipinski definition) is 6. The van der Waals surface area contributed by atoms with Crippen LogP contribution in [0, 0.1) is 11.3 Å². The Hall–Kier alpha value is -2.40. The van der Waals surface area contributed by atoms with E-state index in [0.29, 0.717) is 21.9 Å². The maximum atomic E-state index is 12.8. The van der Waals surface area contributed by atoms with Crippen molar-refractivity contribution in [1.82, 2.24) is 0 Å². The summed E-state index contributed by atoms with van der Waals surface area (Å²) in [5.74, 6) is 0.493. The quantitative estimate of drug-likeness (QED) is 0.587. The summed E-state index contributed by atoms with van der Waals surface area (Å²) in [6, 6.07) is 9.38.